The largest absolute Gasteiger partial charge is 0.457 e. The highest BCUT2D eigenvalue weighted by atomic mass is 16.5. The number of hydrogen-bond donors (Lipinski definition) is 1. The molecule has 34 heavy (non-hydrogen) atoms. The average Bonchev–Trinajstić information content (AvgIpc) is 3.34. The Balaban J connectivity index is 1.61. The van der Waals surface area contributed by atoms with Gasteiger partial charge in [0.05, 0.1) is 5.57 Å². The smallest absolute Gasteiger partial charge is 0.338 e. The van der Waals surface area contributed by atoms with Crippen LogP contribution in [0.2, 0.25) is 0 Å². The second-order valence-corrected chi connectivity index (χ2v) is 8.55. The first-order chi connectivity index (χ1) is 16.6. The Kier molecular flexibility index (Phi) is 6.05. The monoisotopic (exact) mass is 454 g/mol. The SMILES string of the molecule is CN(C)CCC1=C(C(=O)OCc2ccccc2)C(c2cccc3ccccc23)n2nnnc2N1. The van der Waals surface area contributed by atoms with Gasteiger partial charge in [-0.15, -0.1) is 0 Å². The van der Waals surface area contributed by atoms with Crippen molar-refractivity contribution in [3.63, 3.8) is 0 Å². The summed E-state index contributed by atoms with van der Waals surface area (Å²) in [5.74, 6) is 0.121. The fraction of sp³-hybridized carbons (Fsp3) is 0.231. The van der Waals surface area contributed by atoms with E-state index in [4.69, 9.17) is 4.74 Å². The summed E-state index contributed by atoms with van der Waals surface area (Å²) in [6.45, 7) is 0.941. The Labute approximate surface area is 197 Å². The first-order valence-corrected chi connectivity index (χ1v) is 11.2. The van der Waals surface area contributed by atoms with E-state index in [0.717, 1.165) is 34.1 Å². The van der Waals surface area contributed by atoms with Crippen molar-refractivity contribution in [1.29, 1.82) is 0 Å². The first-order valence-electron chi connectivity index (χ1n) is 11.2. The van der Waals surface area contributed by atoms with Crippen molar-refractivity contribution in [2.45, 2.75) is 19.1 Å². The summed E-state index contributed by atoms with van der Waals surface area (Å²) in [5.41, 5.74) is 3.17. The van der Waals surface area contributed by atoms with Crippen LogP contribution in [0, 0.1) is 0 Å². The van der Waals surface area contributed by atoms with Crippen LogP contribution in [-0.4, -0.2) is 51.7 Å². The highest BCUT2D eigenvalue weighted by molar-refractivity contribution is 5.95. The number of carbonyl (C=O) groups is 1. The molecule has 1 unspecified atom stereocenters. The zero-order valence-corrected chi connectivity index (χ0v) is 19.2. The summed E-state index contributed by atoms with van der Waals surface area (Å²) in [6, 6.07) is 23.4. The number of nitrogens with one attached hydrogen (secondary N) is 1. The summed E-state index contributed by atoms with van der Waals surface area (Å²) >= 11 is 0. The van der Waals surface area contributed by atoms with Crippen LogP contribution in [0.4, 0.5) is 5.95 Å². The quantitative estimate of drug-likeness (QED) is 0.425. The number of rotatable bonds is 7. The van der Waals surface area contributed by atoms with Crippen LogP contribution in [0.5, 0.6) is 0 Å². The van der Waals surface area contributed by atoms with Crippen LogP contribution in [0.15, 0.2) is 84.1 Å². The molecular weight excluding hydrogens is 428 g/mol. The molecule has 5 rings (SSSR count). The molecule has 0 radical (unpaired) electrons. The Morgan fingerprint density at radius 2 is 1.79 bits per heavy atom. The molecule has 1 aliphatic heterocycles. The lowest BCUT2D eigenvalue weighted by Crippen LogP contribution is -2.31. The molecule has 1 aliphatic rings. The van der Waals surface area contributed by atoms with Crippen LogP contribution in [0.25, 0.3) is 10.8 Å². The minimum absolute atomic E-state index is 0.189. The van der Waals surface area contributed by atoms with Crippen molar-refractivity contribution in [3.8, 4) is 0 Å². The standard InChI is InChI=1S/C26H26N6O2/c1-31(2)16-15-22-23(25(33)34-17-18-9-4-3-5-10-18)24(32-26(27-22)28-29-30-32)21-14-8-12-19-11-6-7-13-20(19)21/h3-14,24H,15-17H2,1-2H3,(H,27,28,30). The summed E-state index contributed by atoms with van der Waals surface area (Å²) in [4.78, 5) is 15.7. The maximum absolute atomic E-state index is 13.7. The van der Waals surface area contributed by atoms with E-state index in [1.54, 1.807) is 4.68 Å². The van der Waals surface area contributed by atoms with Gasteiger partial charge in [-0.2, -0.15) is 4.68 Å². The molecule has 4 aromatic rings. The minimum Gasteiger partial charge on any atom is -0.457 e. The van der Waals surface area contributed by atoms with E-state index in [-0.39, 0.29) is 12.6 Å². The van der Waals surface area contributed by atoms with Crippen molar-refractivity contribution in [2.24, 2.45) is 0 Å². The maximum atomic E-state index is 13.7. The summed E-state index contributed by atoms with van der Waals surface area (Å²) < 4.78 is 7.49. The molecule has 1 atom stereocenters. The van der Waals surface area contributed by atoms with Gasteiger partial charge < -0.3 is 15.0 Å². The number of esters is 1. The molecule has 2 heterocycles. The molecule has 3 aromatic carbocycles. The lowest BCUT2D eigenvalue weighted by atomic mass is 9.90. The number of hydrogen-bond acceptors (Lipinski definition) is 7. The second-order valence-electron chi connectivity index (χ2n) is 8.55. The maximum Gasteiger partial charge on any atom is 0.338 e. The van der Waals surface area contributed by atoms with Gasteiger partial charge in [0, 0.05) is 18.7 Å². The highest BCUT2D eigenvalue weighted by Crippen LogP contribution is 2.39. The van der Waals surface area contributed by atoms with Gasteiger partial charge in [0.1, 0.15) is 12.6 Å². The molecule has 8 heteroatoms. The van der Waals surface area contributed by atoms with Crippen LogP contribution in [-0.2, 0) is 16.1 Å². The van der Waals surface area contributed by atoms with Crippen molar-refractivity contribution in [2.75, 3.05) is 26.0 Å². The molecule has 172 valence electrons. The van der Waals surface area contributed by atoms with Gasteiger partial charge in [-0.25, -0.2) is 4.79 Å². The molecule has 8 nitrogen and oxygen atoms in total. The number of nitrogens with zero attached hydrogens (tertiary/aromatic N) is 5. The fourth-order valence-corrected chi connectivity index (χ4v) is 4.28. The van der Waals surface area contributed by atoms with E-state index in [0.29, 0.717) is 17.9 Å². The lowest BCUT2D eigenvalue weighted by Gasteiger charge is -2.30. The van der Waals surface area contributed by atoms with E-state index in [2.05, 4.69) is 43.9 Å². The van der Waals surface area contributed by atoms with E-state index >= 15 is 0 Å². The van der Waals surface area contributed by atoms with Crippen LogP contribution < -0.4 is 5.32 Å². The van der Waals surface area contributed by atoms with E-state index < -0.39 is 6.04 Å². The number of carbonyl (C=O) groups excluding carboxylic acids is 1. The number of anilines is 1. The normalized spacial score (nSPS) is 15.3. The molecule has 0 amide bonds. The predicted octanol–water partition coefficient (Wildman–Crippen LogP) is 3.79. The molecule has 0 saturated heterocycles. The van der Waals surface area contributed by atoms with Gasteiger partial charge in [-0.1, -0.05) is 77.9 Å². The van der Waals surface area contributed by atoms with E-state index in [1.807, 2.05) is 68.7 Å². The molecule has 0 saturated carbocycles. The number of aromatic nitrogens is 4. The predicted molar refractivity (Wildman–Crippen MR) is 130 cm³/mol. The van der Waals surface area contributed by atoms with E-state index in [9.17, 15) is 4.79 Å². The zero-order valence-electron chi connectivity index (χ0n) is 19.2. The lowest BCUT2D eigenvalue weighted by molar-refractivity contribution is -0.140. The highest BCUT2D eigenvalue weighted by Gasteiger charge is 2.37. The molecule has 0 fully saturated rings. The van der Waals surface area contributed by atoms with Gasteiger partial charge in [0.25, 0.3) is 0 Å². The van der Waals surface area contributed by atoms with Crippen molar-refractivity contribution >= 4 is 22.7 Å². The summed E-state index contributed by atoms with van der Waals surface area (Å²) in [5, 5.41) is 17.7. The van der Waals surface area contributed by atoms with Crippen LogP contribution >= 0.6 is 0 Å². The van der Waals surface area contributed by atoms with Crippen LogP contribution in [0.1, 0.15) is 23.6 Å². The second kappa shape index (κ2) is 9.44. The van der Waals surface area contributed by atoms with Crippen molar-refractivity contribution in [3.05, 3.63) is 95.2 Å². The third kappa shape index (κ3) is 4.27. The third-order valence-corrected chi connectivity index (χ3v) is 5.96. The molecule has 1 N–H and O–H groups in total. The molecular formula is C26H26N6O2. The fourth-order valence-electron chi connectivity index (χ4n) is 4.28. The van der Waals surface area contributed by atoms with Gasteiger partial charge in [-0.3, -0.25) is 0 Å². The first kappa shape index (κ1) is 21.8. The minimum atomic E-state index is -0.516. The summed E-state index contributed by atoms with van der Waals surface area (Å²) in [6.07, 6.45) is 0.622. The number of benzene rings is 3. The van der Waals surface area contributed by atoms with Crippen molar-refractivity contribution < 1.29 is 9.53 Å². The summed E-state index contributed by atoms with van der Waals surface area (Å²) in [7, 11) is 4.01. The molecule has 0 bridgehead atoms. The number of fused-ring (bicyclic) bond motifs is 2. The van der Waals surface area contributed by atoms with E-state index in [1.165, 1.54) is 0 Å². The Bertz CT molecular complexity index is 1340. The van der Waals surface area contributed by atoms with Gasteiger partial charge >= 0.3 is 5.97 Å². The average molecular weight is 455 g/mol. The topological polar surface area (TPSA) is 85.2 Å². The third-order valence-electron chi connectivity index (χ3n) is 5.96. The number of tetrazole rings is 1. The molecule has 1 aromatic heterocycles. The van der Waals surface area contributed by atoms with Gasteiger partial charge in [0.15, 0.2) is 0 Å². The Morgan fingerprint density at radius 3 is 2.62 bits per heavy atom. The van der Waals surface area contributed by atoms with Crippen molar-refractivity contribution in [1.82, 2.24) is 25.1 Å². The molecule has 0 spiro atoms. The van der Waals surface area contributed by atoms with Gasteiger partial charge in [0.2, 0.25) is 5.95 Å². The Hall–Kier alpha value is -4.04. The van der Waals surface area contributed by atoms with Crippen LogP contribution in [0.3, 0.4) is 0 Å². The zero-order chi connectivity index (χ0) is 23.5. The van der Waals surface area contributed by atoms with Gasteiger partial charge in [-0.05, 0) is 46.4 Å². The number of ether oxygens (including phenoxy) is 1. The molecule has 0 aliphatic carbocycles. The Morgan fingerprint density at radius 1 is 1.03 bits per heavy atom.